The van der Waals surface area contributed by atoms with Crippen molar-refractivity contribution in [3.8, 4) is 0 Å². The molecule has 0 spiro atoms. The SMILES string of the molecule is Cc1nc(CN2C[C@@H]3C[C@H](C2)c2ccc(CN4CCCC4)c(=O)n2C3)co1. The standard InChI is InChI=1S/C21H28N4O2/c1-15-22-19(14-27-15)13-24-9-16-8-18(12-24)20-5-4-17(21(26)25(20)10-16)11-23-6-2-3-7-23/h4-5,14,16,18H,2-3,6-13H2,1H3/t16-,18+/m0/s1. The molecule has 5 heterocycles. The average Bonchev–Trinajstić information content (AvgIpc) is 3.29. The van der Waals surface area contributed by atoms with E-state index in [1.807, 2.05) is 6.92 Å². The van der Waals surface area contributed by atoms with Gasteiger partial charge in [0, 0.05) is 56.8 Å². The van der Waals surface area contributed by atoms with Crippen molar-refractivity contribution in [3.05, 3.63) is 51.6 Å². The van der Waals surface area contributed by atoms with Crippen molar-refractivity contribution in [2.75, 3.05) is 26.2 Å². The Morgan fingerprint density at radius 1 is 1.11 bits per heavy atom. The summed E-state index contributed by atoms with van der Waals surface area (Å²) >= 11 is 0. The Kier molecular flexibility index (Phi) is 4.40. The van der Waals surface area contributed by atoms with Crippen LogP contribution in [0.5, 0.6) is 0 Å². The third-order valence-electron chi connectivity index (χ3n) is 6.40. The van der Waals surface area contributed by atoms with Crippen molar-refractivity contribution in [2.45, 2.75) is 51.7 Å². The zero-order chi connectivity index (χ0) is 18.4. The summed E-state index contributed by atoms with van der Waals surface area (Å²) in [6.07, 6.45) is 5.48. The van der Waals surface area contributed by atoms with Gasteiger partial charge in [-0.2, -0.15) is 0 Å². The minimum absolute atomic E-state index is 0.245. The van der Waals surface area contributed by atoms with Crippen LogP contribution in [0.15, 0.2) is 27.6 Å². The van der Waals surface area contributed by atoms with Crippen LogP contribution in [0.1, 0.15) is 48.0 Å². The van der Waals surface area contributed by atoms with Crippen molar-refractivity contribution in [1.82, 2.24) is 19.4 Å². The molecule has 2 atom stereocenters. The average molecular weight is 368 g/mol. The number of likely N-dealkylation sites (tertiary alicyclic amines) is 2. The first-order valence-electron chi connectivity index (χ1n) is 10.2. The Bertz CT molecular complexity index is 881. The first-order valence-corrected chi connectivity index (χ1v) is 10.2. The fraction of sp³-hybridized carbons (Fsp3) is 0.619. The van der Waals surface area contributed by atoms with E-state index in [0.29, 0.717) is 11.8 Å². The van der Waals surface area contributed by atoms with E-state index in [9.17, 15) is 4.79 Å². The summed E-state index contributed by atoms with van der Waals surface area (Å²) in [5, 5.41) is 0. The summed E-state index contributed by atoms with van der Waals surface area (Å²) in [6.45, 7) is 8.67. The van der Waals surface area contributed by atoms with Gasteiger partial charge in [0.1, 0.15) is 6.26 Å². The molecule has 6 heteroatoms. The molecular weight excluding hydrogens is 340 g/mol. The number of rotatable bonds is 4. The molecule has 144 valence electrons. The van der Waals surface area contributed by atoms with E-state index in [0.717, 1.165) is 63.0 Å². The van der Waals surface area contributed by atoms with Crippen LogP contribution in [0.4, 0.5) is 0 Å². The highest BCUT2D eigenvalue weighted by Crippen LogP contribution is 2.35. The Hall–Kier alpha value is -1.92. The summed E-state index contributed by atoms with van der Waals surface area (Å²) < 4.78 is 7.44. The number of nitrogens with zero attached hydrogens (tertiary/aromatic N) is 4. The highest BCUT2D eigenvalue weighted by molar-refractivity contribution is 5.22. The molecule has 6 nitrogen and oxygen atoms in total. The van der Waals surface area contributed by atoms with Crippen LogP contribution in [-0.2, 0) is 19.6 Å². The number of oxazole rings is 1. The Morgan fingerprint density at radius 3 is 2.74 bits per heavy atom. The molecule has 0 radical (unpaired) electrons. The third-order valence-corrected chi connectivity index (χ3v) is 6.40. The van der Waals surface area contributed by atoms with Crippen LogP contribution in [0, 0.1) is 12.8 Å². The van der Waals surface area contributed by atoms with E-state index in [4.69, 9.17) is 4.42 Å². The molecule has 2 fully saturated rings. The van der Waals surface area contributed by atoms with Gasteiger partial charge in [-0.15, -0.1) is 0 Å². The maximum absolute atomic E-state index is 13.1. The lowest BCUT2D eigenvalue weighted by atomic mass is 9.83. The van der Waals surface area contributed by atoms with Gasteiger partial charge in [0.15, 0.2) is 5.89 Å². The van der Waals surface area contributed by atoms with Gasteiger partial charge in [-0.1, -0.05) is 6.07 Å². The monoisotopic (exact) mass is 368 g/mol. The van der Waals surface area contributed by atoms with Gasteiger partial charge in [-0.25, -0.2) is 4.98 Å². The quantitative estimate of drug-likeness (QED) is 0.829. The first-order chi connectivity index (χ1) is 13.2. The Labute approximate surface area is 159 Å². The topological polar surface area (TPSA) is 54.5 Å². The lowest BCUT2D eigenvalue weighted by molar-refractivity contribution is 0.113. The maximum atomic E-state index is 13.1. The highest BCUT2D eigenvalue weighted by Gasteiger charge is 2.35. The molecular formula is C21H28N4O2. The maximum Gasteiger partial charge on any atom is 0.255 e. The molecule has 2 saturated heterocycles. The van der Waals surface area contributed by atoms with Crippen molar-refractivity contribution in [3.63, 3.8) is 0 Å². The smallest absolute Gasteiger partial charge is 0.255 e. The molecule has 0 N–H and O–H groups in total. The number of aromatic nitrogens is 2. The number of pyridine rings is 1. The van der Waals surface area contributed by atoms with Gasteiger partial charge in [-0.05, 0) is 44.3 Å². The molecule has 5 rings (SSSR count). The Balaban J connectivity index is 1.35. The molecule has 0 saturated carbocycles. The largest absolute Gasteiger partial charge is 0.449 e. The zero-order valence-corrected chi connectivity index (χ0v) is 16.1. The van der Waals surface area contributed by atoms with Crippen molar-refractivity contribution in [1.29, 1.82) is 0 Å². The third kappa shape index (κ3) is 3.36. The van der Waals surface area contributed by atoms with Crippen LogP contribution < -0.4 is 5.56 Å². The van der Waals surface area contributed by atoms with E-state index >= 15 is 0 Å². The number of fused-ring (bicyclic) bond motifs is 4. The molecule has 0 aliphatic carbocycles. The second kappa shape index (κ2) is 6.91. The summed E-state index contributed by atoms with van der Waals surface area (Å²) in [6, 6.07) is 4.31. The molecule has 2 bridgehead atoms. The van der Waals surface area contributed by atoms with Crippen molar-refractivity contribution < 1.29 is 4.42 Å². The van der Waals surface area contributed by atoms with E-state index < -0.39 is 0 Å². The molecule has 27 heavy (non-hydrogen) atoms. The normalized spacial score (nSPS) is 25.7. The van der Waals surface area contributed by atoms with Crippen LogP contribution in [0.25, 0.3) is 0 Å². The predicted molar refractivity (Wildman–Crippen MR) is 103 cm³/mol. The summed E-state index contributed by atoms with van der Waals surface area (Å²) in [7, 11) is 0. The minimum atomic E-state index is 0.245. The van der Waals surface area contributed by atoms with Gasteiger partial charge in [0.25, 0.3) is 5.56 Å². The van der Waals surface area contributed by atoms with Crippen molar-refractivity contribution in [2.24, 2.45) is 5.92 Å². The van der Waals surface area contributed by atoms with Gasteiger partial charge < -0.3 is 8.98 Å². The summed E-state index contributed by atoms with van der Waals surface area (Å²) in [5.74, 6) is 1.72. The van der Waals surface area contributed by atoms with E-state index in [1.54, 1.807) is 6.26 Å². The molecule has 2 aromatic rings. The molecule has 2 aromatic heterocycles. The summed E-state index contributed by atoms with van der Waals surface area (Å²) in [4.78, 5) is 22.4. The Morgan fingerprint density at radius 2 is 1.96 bits per heavy atom. The van der Waals surface area contributed by atoms with Gasteiger partial charge >= 0.3 is 0 Å². The number of hydrogen-bond acceptors (Lipinski definition) is 5. The van der Waals surface area contributed by atoms with Crippen LogP contribution >= 0.6 is 0 Å². The number of aryl methyl sites for hydroxylation is 1. The zero-order valence-electron chi connectivity index (χ0n) is 16.1. The number of piperidine rings is 1. The fourth-order valence-electron chi connectivity index (χ4n) is 5.23. The highest BCUT2D eigenvalue weighted by atomic mass is 16.3. The molecule has 0 amide bonds. The molecule has 0 aromatic carbocycles. The van der Waals surface area contributed by atoms with Gasteiger partial charge in [0.2, 0.25) is 0 Å². The molecule has 0 unspecified atom stereocenters. The lowest BCUT2D eigenvalue weighted by Gasteiger charge is -2.42. The van der Waals surface area contributed by atoms with Crippen molar-refractivity contribution >= 4 is 0 Å². The van der Waals surface area contributed by atoms with Crippen LogP contribution in [0.2, 0.25) is 0 Å². The van der Waals surface area contributed by atoms with Gasteiger partial charge in [-0.3, -0.25) is 14.6 Å². The van der Waals surface area contributed by atoms with Crippen LogP contribution in [0.3, 0.4) is 0 Å². The first kappa shape index (κ1) is 17.2. The van der Waals surface area contributed by atoms with E-state index in [-0.39, 0.29) is 5.56 Å². The lowest BCUT2D eigenvalue weighted by Crippen LogP contribution is -2.47. The van der Waals surface area contributed by atoms with Gasteiger partial charge in [0.05, 0.1) is 5.69 Å². The fourth-order valence-corrected chi connectivity index (χ4v) is 5.23. The predicted octanol–water partition coefficient (Wildman–Crippen LogP) is 2.36. The number of hydrogen-bond donors (Lipinski definition) is 0. The van der Waals surface area contributed by atoms with E-state index in [1.165, 1.54) is 25.0 Å². The minimum Gasteiger partial charge on any atom is -0.449 e. The van der Waals surface area contributed by atoms with Crippen LogP contribution in [-0.4, -0.2) is 45.5 Å². The summed E-state index contributed by atoms with van der Waals surface area (Å²) in [5.41, 5.74) is 3.44. The second-order valence-electron chi connectivity index (χ2n) is 8.53. The molecule has 3 aliphatic rings. The second-order valence-corrected chi connectivity index (χ2v) is 8.53. The van der Waals surface area contributed by atoms with E-state index in [2.05, 4.69) is 31.5 Å². The molecule has 3 aliphatic heterocycles.